The highest BCUT2D eigenvalue weighted by Crippen LogP contribution is 2.40. The number of aromatic nitrogens is 2. The van der Waals surface area contributed by atoms with Crippen LogP contribution in [0.15, 0.2) is 79.0 Å². The first kappa shape index (κ1) is 49.3. The lowest BCUT2D eigenvalue weighted by Gasteiger charge is -2.29. The Labute approximate surface area is 391 Å². The first-order valence-corrected chi connectivity index (χ1v) is 22.8. The van der Waals surface area contributed by atoms with Gasteiger partial charge in [-0.15, -0.1) is 0 Å². The van der Waals surface area contributed by atoms with Crippen LogP contribution >= 0.6 is 23.2 Å². The molecule has 0 radical (unpaired) electrons. The second-order valence-corrected chi connectivity index (χ2v) is 19.1. The summed E-state index contributed by atoms with van der Waals surface area (Å²) in [5.74, 6) is 0.534. The number of carbonyl (C=O) groups excluding carboxylic acids is 3. The van der Waals surface area contributed by atoms with Crippen molar-refractivity contribution in [3.8, 4) is 28.0 Å². The minimum atomic E-state index is -1.28. The molecule has 0 spiro atoms. The van der Waals surface area contributed by atoms with Crippen LogP contribution in [0.25, 0.3) is 33.2 Å². The Hall–Kier alpha value is -5.18. The molecule has 0 saturated carbocycles. The van der Waals surface area contributed by atoms with Crippen molar-refractivity contribution in [2.75, 3.05) is 33.5 Å². The molecule has 348 valence electrons. The van der Waals surface area contributed by atoms with Gasteiger partial charge in [0.2, 0.25) is 5.91 Å². The lowest BCUT2D eigenvalue weighted by molar-refractivity contribution is -0.149. The van der Waals surface area contributed by atoms with Gasteiger partial charge in [0.25, 0.3) is 0 Å². The highest BCUT2D eigenvalue weighted by atomic mass is 35.5. The van der Waals surface area contributed by atoms with E-state index in [2.05, 4.69) is 15.7 Å². The molecule has 4 aromatic carbocycles. The van der Waals surface area contributed by atoms with E-state index in [1.807, 2.05) is 109 Å². The Morgan fingerprint density at radius 2 is 1.65 bits per heavy atom. The van der Waals surface area contributed by atoms with Gasteiger partial charge in [-0.1, -0.05) is 105 Å². The zero-order chi connectivity index (χ0) is 47.0. The SMILES string of the molecule is COc1cc(C(O)n2ncc3c(-c4cccc(-c5ccc(CN(C[C@@H]6CCC(=O)N6)C(=O)OC(C)(C)C)cc5)c4Cl)cccc32)c(Cl)cc1CN[C@@H](COCC(C)C)C(=O)OCC(C)C. The largest absolute Gasteiger partial charge is 0.496 e. The van der Waals surface area contributed by atoms with Crippen molar-refractivity contribution in [2.24, 2.45) is 11.8 Å². The summed E-state index contributed by atoms with van der Waals surface area (Å²) in [5.41, 5.74) is 5.22. The number of aliphatic hydroxyl groups excluding tert-OH is 1. The smallest absolute Gasteiger partial charge is 0.410 e. The van der Waals surface area contributed by atoms with Crippen molar-refractivity contribution in [3.05, 3.63) is 106 Å². The number of nitrogens with one attached hydrogen (secondary N) is 2. The van der Waals surface area contributed by atoms with Gasteiger partial charge in [0.1, 0.15) is 17.4 Å². The Morgan fingerprint density at radius 3 is 2.31 bits per heavy atom. The van der Waals surface area contributed by atoms with Crippen LogP contribution in [0, 0.1) is 11.8 Å². The molecule has 1 fully saturated rings. The molecule has 3 N–H and O–H groups in total. The summed E-state index contributed by atoms with van der Waals surface area (Å²) < 4.78 is 24.3. The Kier molecular flexibility index (Phi) is 16.6. The fraction of sp³-hybridized carbons (Fsp3) is 0.440. The van der Waals surface area contributed by atoms with E-state index in [-0.39, 0.29) is 36.0 Å². The molecule has 6 rings (SSSR count). The summed E-state index contributed by atoms with van der Waals surface area (Å²) >= 11 is 14.1. The molecule has 5 aromatic rings. The van der Waals surface area contributed by atoms with E-state index in [0.717, 1.165) is 33.2 Å². The molecule has 1 saturated heterocycles. The zero-order valence-electron chi connectivity index (χ0n) is 38.5. The summed E-state index contributed by atoms with van der Waals surface area (Å²) in [4.78, 5) is 39.8. The number of nitrogens with zero attached hydrogens (tertiary/aromatic N) is 3. The fourth-order valence-electron chi connectivity index (χ4n) is 7.57. The van der Waals surface area contributed by atoms with E-state index in [4.69, 9.17) is 42.1 Å². The lowest BCUT2D eigenvalue weighted by atomic mass is 9.96. The van der Waals surface area contributed by atoms with Crippen LogP contribution in [0.3, 0.4) is 0 Å². The van der Waals surface area contributed by atoms with Gasteiger partial charge < -0.3 is 34.3 Å². The number of hydrogen-bond acceptors (Lipinski definition) is 10. The quantitative estimate of drug-likeness (QED) is 0.0683. The van der Waals surface area contributed by atoms with Gasteiger partial charge in [0.15, 0.2) is 6.23 Å². The zero-order valence-corrected chi connectivity index (χ0v) is 40.0. The molecule has 1 aliphatic rings. The Morgan fingerprint density at radius 1 is 0.954 bits per heavy atom. The van der Waals surface area contributed by atoms with Crippen LogP contribution < -0.4 is 15.4 Å². The first-order valence-electron chi connectivity index (χ1n) is 22.1. The number of carbonyl (C=O) groups is 3. The van der Waals surface area contributed by atoms with Gasteiger partial charge in [-0.05, 0) is 73.9 Å². The number of benzene rings is 4. The van der Waals surface area contributed by atoms with Crippen LogP contribution in [-0.4, -0.2) is 88.9 Å². The third-order valence-corrected chi connectivity index (χ3v) is 11.5. The number of rotatable bonds is 19. The van der Waals surface area contributed by atoms with Crippen molar-refractivity contribution in [2.45, 2.75) is 98.3 Å². The van der Waals surface area contributed by atoms with Crippen molar-refractivity contribution in [1.29, 1.82) is 0 Å². The summed E-state index contributed by atoms with van der Waals surface area (Å²) in [6.07, 6.45) is 1.08. The third kappa shape index (κ3) is 12.8. The van der Waals surface area contributed by atoms with Crippen molar-refractivity contribution < 1.29 is 38.4 Å². The number of halogens is 2. The van der Waals surface area contributed by atoms with Gasteiger partial charge in [-0.2, -0.15) is 5.10 Å². The van der Waals surface area contributed by atoms with Crippen molar-refractivity contribution in [3.63, 3.8) is 0 Å². The maximum absolute atomic E-state index is 13.2. The fourth-order valence-corrected chi connectivity index (χ4v) is 8.19. The molecule has 1 aliphatic heterocycles. The number of ether oxygens (including phenoxy) is 4. The highest BCUT2D eigenvalue weighted by molar-refractivity contribution is 6.36. The predicted octanol–water partition coefficient (Wildman–Crippen LogP) is 9.57. The third-order valence-electron chi connectivity index (χ3n) is 10.8. The monoisotopic (exact) mass is 929 g/mol. The second-order valence-electron chi connectivity index (χ2n) is 18.3. The number of hydrogen-bond donors (Lipinski definition) is 3. The van der Waals surface area contributed by atoms with E-state index in [0.29, 0.717) is 72.5 Å². The normalized spacial score (nSPS) is 15.0. The van der Waals surface area contributed by atoms with Crippen LogP contribution in [0.5, 0.6) is 5.75 Å². The molecule has 3 atom stereocenters. The number of fused-ring (bicyclic) bond motifs is 1. The molecule has 13 nitrogen and oxygen atoms in total. The second kappa shape index (κ2) is 21.9. The number of amides is 2. The van der Waals surface area contributed by atoms with Crippen molar-refractivity contribution in [1.82, 2.24) is 25.3 Å². The van der Waals surface area contributed by atoms with Crippen molar-refractivity contribution >= 4 is 52.1 Å². The minimum Gasteiger partial charge on any atom is -0.496 e. The molecule has 0 aliphatic carbocycles. The average Bonchev–Trinajstić information content (AvgIpc) is 3.89. The van der Waals surface area contributed by atoms with Crippen LogP contribution in [0.4, 0.5) is 4.79 Å². The van der Waals surface area contributed by atoms with Crippen LogP contribution in [0.1, 0.15) is 84.2 Å². The minimum absolute atomic E-state index is 0.0137. The van der Waals surface area contributed by atoms with Crippen LogP contribution in [-0.2, 0) is 36.9 Å². The molecule has 65 heavy (non-hydrogen) atoms. The number of methoxy groups -OCH3 is 1. The standard InChI is InChI=1S/C50H61Cl2N5O8/c1-30(2)27-63-29-42(48(60)64-28-31(3)4)53-23-34-21-41(51)39(22-44(34)62-8)47(59)57-43-14-10-12-37(40(43)24-54-57)38-13-9-11-36(46(38)52)33-17-15-32(16-18-33)25-56(49(61)65-50(5,6)7)26-35-19-20-45(58)55-35/h9-18,21-22,24,30-31,35,42,47,53,59H,19-20,23,25-29H2,1-8H3,(H,55,58)/t35-,42-,47?/m0/s1. The summed E-state index contributed by atoms with van der Waals surface area (Å²) in [6, 6.07) is 22.0. The van der Waals surface area contributed by atoms with Gasteiger partial charge >= 0.3 is 12.1 Å². The first-order chi connectivity index (χ1) is 30.9. The summed E-state index contributed by atoms with van der Waals surface area (Å²) in [5, 5.41) is 24.3. The highest BCUT2D eigenvalue weighted by Gasteiger charge is 2.29. The van der Waals surface area contributed by atoms with E-state index in [1.54, 1.807) is 23.2 Å². The Bertz CT molecular complexity index is 2450. The topological polar surface area (TPSA) is 153 Å². The molecule has 2 heterocycles. The molecule has 2 amide bonds. The van der Waals surface area contributed by atoms with Gasteiger partial charge in [0, 0.05) is 71.4 Å². The summed E-state index contributed by atoms with van der Waals surface area (Å²) in [6.45, 7) is 15.3. The molecular formula is C50H61Cl2N5O8. The maximum atomic E-state index is 13.2. The Balaban J connectivity index is 1.21. The van der Waals surface area contributed by atoms with E-state index >= 15 is 0 Å². The lowest BCUT2D eigenvalue weighted by Crippen LogP contribution is -2.43. The van der Waals surface area contributed by atoms with E-state index in [1.165, 1.54) is 11.8 Å². The predicted molar refractivity (Wildman–Crippen MR) is 254 cm³/mol. The number of aliphatic hydroxyl groups is 1. The molecular weight excluding hydrogens is 869 g/mol. The van der Waals surface area contributed by atoms with E-state index in [9.17, 15) is 19.5 Å². The van der Waals surface area contributed by atoms with Gasteiger partial charge in [0.05, 0.1) is 37.1 Å². The molecule has 0 bridgehead atoms. The van der Waals surface area contributed by atoms with Gasteiger partial charge in [-0.25, -0.2) is 9.48 Å². The maximum Gasteiger partial charge on any atom is 0.410 e. The van der Waals surface area contributed by atoms with Crippen LogP contribution in [0.2, 0.25) is 10.0 Å². The van der Waals surface area contributed by atoms with E-state index < -0.39 is 29.9 Å². The molecule has 1 aromatic heterocycles. The molecule has 15 heteroatoms. The number of esters is 1. The average molecular weight is 931 g/mol. The van der Waals surface area contributed by atoms with Gasteiger partial charge in [-0.3, -0.25) is 14.9 Å². The molecule has 1 unspecified atom stereocenters. The summed E-state index contributed by atoms with van der Waals surface area (Å²) in [7, 11) is 1.53.